The molecule has 1 heterocycles. The van der Waals surface area contributed by atoms with Crippen molar-refractivity contribution in [2.75, 3.05) is 13.7 Å². The van der Waals surface area contributed by atoms with Gasteiger partial charge in [0.15, 0.2) is 0 Å². The van der Waals surface area contributed by atoms with Gasteiger partial charge in [-0.05, 0) is 41.8 Å². The molecule has 0 aromatic heterocycles. The molecule has 1 amide bonds. The fraction of sp³-hybridized carbons (Fsp3) is 0.235. The molecule has 7 nitrogen and oxygen atoms in total. The number of aromatic hydroxyl groups is 1. The zero-order valence-electron chi connectivity index (χ0n) is 13.1. The molecule has 1 aliphatic heterocycles. The molecule has 3 rings (SSSR count). The molecule has 0 unspecified atom stereocenters. The summed E-state index contributed by atoms with van der Waals surface area (Å²) < 4.78 is 5.07. The van der Waals surface area contributed by atoms with E-state index in [4.69, 9.17) is 4.74 Å². The van der Waals surface area contributed by atoms with Crippen LogP contribution in [0, 0.1) is 10.1 Å². The number of ether oxygens (including phenoxy) is 1. The minimum Gasteiger partial charge on any atom is -0.508 e. The highest BCUT2D eigenvalue weighted by molar-refractivity contribution is 5.98. The molecule has 2 aromatic rings. The number of hydrogen-bond acceptors (Lipinski definition) is 5. The molecule has 0 saturated heterocycles. The van der Waals surface area contributed by atoms with E-state index in [0.717, 1.165) is 11.1 Å². The quantitative estimate of drug-likeness (QED) is 0.690. The number of hydrogen-bond donors (Lipinski definition) is 1. The highest BCUT2D eigenvalue weighted by atomic mass is 16.6. The summed E-state index contributed by atoms with van der Waals surface area (Å²) in [7, 11) is 1.44. The first-order valence-corrected chi connectivity index (χ1v) is 7.42. The lowest BCUT2D eigenvalue weighted by atomic mass is 9.98. The first-order chi connectivity index (χ1) is 11.5. The van der Waals surface area contributed by atoms with Gasteiger partial charge in [-0.25, -0.2) is 0 Å². The number of nitro groups is 1. The van der Waals surface area contributed by atoms with E-state index < -0.39 is 10.8 Å². The Morgan fingerprint density at radius 1 is 1.25 bits per heavy atom. The molecule has 0 aliphatic carbocycles. The van der Waals surface area contributed by atoms with E-state index in [1.54, 1.807) is 17.0 Å². The van der Waals surface area contributed by atoms with E-state index >= 15 is 0 Å². The van der Waals surface area contributed by atoms with Gasteiger partial charge < -0.3 is 14.7 Å². The van der Waals surface area contributed by atoms with Crippen molar-refractivity contribution in [3.8, 4) is 11.5 Å². The number of rotatable bonds is 3. The summed E-state index contributed by atoms with van der Waals surface area (Å²) in [5.41, 5.74) is 1.67. The van der Waals surface area contributed by atoms with Crippen LogP contribution in [0.15, 0.2) is 36.4 Å². The second-order valence-corrected chi connectivity index (χ2v) is 5.57. The summed E-state index contributed by atoms with van der Waals surface area (Å²) in [5, 5.41) is 20.8. The third-order valence-electron chi connectivity index (χ3n) is 4.12. The van der Waals surface area contributed by atoms with Crippen molar-refractivity contribution in [2.45, 2.75) is 13.0 Å². The van der Waals surface area contributed by atoms with Crippen LogP contribution in [0.5, 0.6) is 11.5 Å². The summed E-state index contributed by atoms with van der Waals surface area (Å²) in [4.78, 5) is 25.0. The van der Waals surface area contributed by atoms with E-state index in [2.05, 4.69) is 0 Å². The minimum atomic E-state index is -0.573. The highest BCUT2D eigenvalue weighted by Gasteiger charge is 2.28. The van der Waals surface area contributed by atoms with Crippen molar-refractivity contribution in [2.24, 2.45) is 0 Å². The van der Waals surface area contributed by atoms with Crippen LogP contribution in [0.3, 0.4) is 0 Å². The second kappa shape index (κ2) is 6.19. The minimum absolute atomic E-state index is 0.00273. The average Bonchev–Trinajstić information content (AvgIpc) is 2.59. The molecule has 0 radical (unpaired) electrons. The maximum Gasteiger partial charge on any atom is 0.282 e. The smallest absolute Gasteiger partial charge is 0.282 e. The van der Waals surface area contributed by atoms with Gasteiger partial charge >= 0.3 is 0 Å². The van der Waals surface area contributed by atoms with Crippen molar-refractivity contribution in [3.63, 3.8) is 0 Å². The van der Waals surface area contributed by atoms with Crippen molar-refractivity contribution in [3.05, 3.63) is 63.2 Å². The second-order valence-electron chi connectivity index (χ2n) is 5.57. The van der Waals surface area contributed by atoms with Crippen LogP contribution in [0.25, 0.3) is 0 Å². The molecule has 0 fully saturated rings. The van der Waals surface area contributed by atoms with Crippen LogP contribution < -0.4 is 4.74 Å². The van der Waals surface area contributed by atoms with Gasteiger partial charge in [0.05, 0.1) is 12.0 Å². The molecule has 0 saturated carbocycles. The van der Waals surface area contributed by atoms with Gasteiger partial charge in [-0.15, -0.1) is 0 Å². The summed E-state index contributed by atoms with van der Waals surface area (Å²) in [6, 6.07) is 9.19. The van der Waals surface area contributed by atoms with Crippen LogP contribution in [-0.4, -0.2) is 34.5 Å². The zero-order valence-corrected chi connectivity index (χ0v) is 13.1. The first-order valence-electron chi connectivity index (χ1n) is 7.42. The number of benzene rings is 2. The molecule has 0 bridgehead atoms. The van der Waals surface area contributed by atoms with Crippen LogP contribution in [0.1, 0.15) is 21.5 Å². The molecule has 0 spiro atoms. The number of carbonyl (C=O) groups is 1. The van der Waals surface area contributed by atoms with Crippen molar-refractivity contribution in [1.29, 1.82) is 0 Å². The van der Waals surface area contributed by atoms with Crippen LogP contribution >= 0.6 is 0 Å². The molecular formula is C17H16N2O5. The van der Waals surface area contributed by atoms with Crippen LogP contribution in [0.2, 0.25) is 0 Å². The van der Waals surface area contributed by atoms with E-state index in [1.165, 1.54) is 25.3 Å². The molecule has 2 aromatic carbocycles. The average molecular weight is 328 g/mol. The lowest BCUT2D eigenvalue weighted by Crippen LogP contribution is -2.36. The molecule has 1 aliphatic rings. The van der Waals surface area contributed by atoms with Gasteiger partial charge in [0.1, 0.15) is 17.1 Å². The number of nitro benzene ring substituents is 1. The topological polar surface area (TPSA) is 92.9 Å². The number of phenols is 1. The Balaban J connectivity index is 1.94. The summed E-state index contributed by atoms with van der Waals surface area (Å²) >= 11 is 0. The summed E-state index contributed by atoms with van der Waals surface area (Å²) in [6.45, 7) is 0.766. The Morgan fingerprint density at radius 2 is 2.04 bits per heavy atom. The van der Waals surface area contributed by atoms with Crippen LogP contribution in [0.4, 0.5) is 5.69 Å². The molecule has 24 heavy (non-hydrogen) atoms. The first kappa shape index (κ1) is 15.8. The number of carbonyl (C=O) groups excluding carboxylic acids is 1. The van der Waals surface area contributed by atoms with E-state index in [0.29, 0.717) is 25.3 Å². The largest absolute Gasteiger partial charge is 0.508 e. The fourth-order valence-corrected chi connectivity index (χ4v) is 2.86. The lowest BCUT2D eigenvalue weighted by molar-refractivity contribution is -0.385. The maximum atomic E-state index is 12.8. The standard InChI is InChI=1S/C17H16N2O5/c1-24-14-4-5-16(19(22)23)15(9-14)17(21)18-7-6-11-2-3-13(20)8-12(11)10-18/h2-5,8-9,20H,6-7,10H2,1H3. The third kappa shape index (κ3) is 2.88. The Morgan fingerprint density at radius 3 is 2.75 bits per heavy atom. The van der Waals surface area contributed by atoms with Crippen molar-refractivity contribution in [1.82, 2.24) is 4.90 Å². The molecule has 7 heteroatoms. The number of methoxy groups -OCH3 is 1. The number of fused-ring (bicyclic) bond motifs is 1. The normalized spacial score (nSPS) is 13.3. The summed E-state index contributed by atoms with van der Waals surface area (Å²) in [6.07, 6.45) is 0.638. The summed E-state index contributed by atoms with van der Waals surface area (Å²) in [5.74, 6) is 0.101. The van der Waals surface area contributed by atoms with E-state index in [9.17, 15) is 20.0 Å². The maximum absolute atomic E-state index is 12.8. The molecule has 124 valence electrons. The molecule has 1 N–H and O–H groups in total. The lowest BCUT2D eigenvalue weighted by Gasteiger charge is -2.29. The SMILES string of the molecule is COc1ccc([N+](=O)[O-])c(C(=O)N2CCc3ccc(O)cc3C2)c1. The van der Waals surface area contributed by atoms with Gasteiger partial charge in [0.2, 0.25) is 0 Å². The number of phenolic OH excluding ortho intramolecular Hbond substituents is 1. The third-order valence-corrected chi connectivity index (χ3v) is 4.12. The monoisotopic (exact) mass is 328 g/mol. The van der Waals surface area contributed by atoms with Crippen LogP contribution in [-0.2, 0) is 13.0 Å². The van der Waals surface area contributed by atoms with Crippen molar-refractivity contribution < 1.29 is 19.6 Å². The Kier molecular flexibility index (Phi) is 4.07. The van der Waals surface area contributed by atoms with Gasteiger partial charge in [0, 0.05) is 19.2 Å². The Labute approximate surface area is 138 Å². The van der Waals surface area contributed by atoms with Gasteiger partial charge in [-0.1, -0.05) is 6.07 Å². The zero-order chi connectivity index (χ0) is 17.3. The number of nitrogens with zero attached hydrogens (tertiary/aromatic N) is 2. The Hall–Kier alpha value is -3.09. The highest BCUT2D eigenvalue weighted by Crippen LogP contribution is 2.28. The number of amides is 1. The Bertz CT molecular complexity index is 819. The van der Waals surface area contributed by atoms with Gasteiger partial charge in [0.25, 0.3) is 11.6 Å². The predicted molar refractivity (Wildman–Crippen MR) is 86.2 cm³/mol. The fourth-order valence-electron chi connectivity index (χ4n) is 2.86. The van der Waals surface area contributed by atoms with Crippen molar-refractivity contribution >= 4 is 11.6 Å². The van der Waals surface area contributed by atoms with E-state index in [-0.39, 0.29) is 17.0 Å². The molecular weight excluding hydrogens is 312 g/mol. The predicted octanol–water partition coefficient (Wildman–Crippen LogP) is 2.51. The van der Waals surface area contributed by atoms with E-state index in [1.807, 2.05) is 6.07 Å². The van der Waals surface area contributed by atoms with Gasteiger partial charge in [-0.3, -0.25) is 14.9 Å². The van der Waals surface area contributed by atoms with Gasteiger partial charge in [-0.2, -0.15) is 0 Å². The molecule has 0 atom stereocenters.